The molecule has 21 heavy (non-hydrogen) atoms. The van der Waals surface area contributed by atoms with Crippen molar-refractivity contribution in [3.8, 4) is 5.75 Å². The third kappa shape index (κ3) is 2.68. The van der Waals surface area contributed by atoms with Crippen LogP contribution in [0.5, 0.6) is 5.75 Å². The lowest BCUT2D eigenvalue weighted by Crippen LogP contribution is -2.38. The number of nitrogens with zero attached hydrogens (tertiary/aromatic N) is 1. The molecule has 1 atom stereocenters. The third-order valence-electron chi connectivity index (χ3n) is 4.54. The Kier molecular flexibility index (Phi) is 3.72. The molecule has 2 N–H and O–H groups in total. The molecule has 0 aliphatic carbocycles. The van der Waals surface area contributed by atoms with Crippen molar-refractivity contribution < 1.29 is 5.11 Å². The quantitative estimate of drug-likeness (QED) is 0.892. The van der Waals surface area contributed by atoms with Crippen LogP contribution in [0.25, 0.3) is 10.9 Å². The van der Waals surface area contributed by atoms with Crippen molar-refractivity contribution in [3.05, 3.63) is 39.7 Å². The van der Waals surface area contributed by atoms with E-state index in [0.29, 0.717) is 23.7 Å². The zero-order valence-electron chi connectivity index (χ0n) is 12.6. The van der Waals surface area contributed by atoms with Gasteiger partial charge in [0.15, 0.2) is 0 Å². The molecule has 1 aliphatic rings. The van der Waals surface area contributed by atoms with E-state index in [1.807, 2.05) is 25.1 Å². The van der Waals surface area contributed by atoms with Crippen molar-refractivity contribution in [1.29, 1.82) is 0 Å². The summed E-state index contributed by atoms with van der Waals surface area (Å²) in [6.45, 7) is 5.68. The molecular weight excluding hydrogens is 264 g/mol. The Hall–Kier alpha value is -1.81. The minimum Gasteiger partial charge on any atom is -0.507 e. The van der Waals surface area contributed by atoms with Gasteiger partial charge in [0.1, 0.15) is 5.75 Å². The fourth-order valence-electron chi connectivity index (χ4n) is 3.17. The van der Waals surface area contributed by atoms with E-state index < -0.39 is 0 Å². The molecule has 1 aliphatic heterocycles. The van der Waals surface area contributed by atoms with Crippen LogP contribution in [0, 0.1) is 6.92 Å². The highest BCUT2D eigenvalue weighted by Crippen LogP contribution is 2.28. The lowest BCUT2D eigenvalue weighted by Gasteiger charge is -2.33. The van der Waals surface area contributed by atoms with Gasteiger partial charge in [-0.25, -0.2) is 0 Å². The number of nitrogens with one attached hydrogen (secondary N) is 1. The maximum absolute atomic E-state index is 12.3. The van der Waals surface area contributed by atoms with Crippen LogP contribution >= 0.6 is 0 Å². The maximum atomic E-state index is 12.3. The van der Waals surface area contributed by atoms with E-state index in [9.17, 15) is 9.90 Å². The predicted molar refractivity (Wildman–Crippen MR) is 84.7 cm³/mol. The van der Waals surface area contributed by atoms with Gasteiger partial charge < -0.3 is 10.1 Å². The molecule has 1 unspecified atom stereocenters. The van der Waals surface area contributed by atoms with Crippen molar-refractivity contribution in [2.45, 2.75) is 45.7 Å². The minimum absolute atomic E-state index is 0.134. The molecule has 1 aromatic heterocycles. The van der Waals surface area contributed by atoms with E-state index in [0.717, 1.165) is 30.3 Å². The molecule has 0 bridgehead atoms. The molecule has 112 valence electrons. The van der Waals surface area contributed by atoms with E-state index in [-0.39, 0.29) is 11.3 Å². The molecule has 1 aromatic carbocycles. The van der Waals surface area contributed by atoms with Gasteiger partial charge in [-0.1, -0.05) is 18.1 Å². The fourth-order valence-corrected chi connectivity index (χ4v) is 3.17. The van der Waals surface area contributed by atoms with E-state index in [1.165, 1.54) is 6.42 Å². The molecule has 0 amide bonds. The molecule has 0 radical (unpaired) electrons. The van der Waals surface area contributed by atoms with Crippen LogP contribution in [-0.2, 0) is 6.54 Å². The van der Waals surface area contributed by atoms with Crippen LogP contribution in [0.15, 0.2) is 23.0 Å². The highest BCUT2D eigenvalue weighted by molar-refractivity contribution is 5.86. The molecule has 4 heteroatoms. The Morgan fingerprint density at radius 2 is 2.19 bits per heavy atom. The number of hydrogen-bond acceptors (Lipinski definition) is 3. The number of rotatable bonds is 2. The van der Waals surface area contributed by atoms with Gasteiger partial charge in [0.2, 0.25) is 0 Å². The molecule has 4 nitrogen and oxygen atoms in total. The maximum Gasteiger partial charge on any atom is 0.256 e. The van der Waals surface area contributed by atoms with Crippen LogP contribution in [0.4, 0.5) is 0 Å². The first kappa shape index (κ1) is 14.1. The monoisotopic (exact) mass is 286 g/mol. The standard InChI is InChI=1S/C17H22N2O2/c1-11-6-7-15-13(9-11)16(20)14(17(21)18-15)10-19-8-4-3-5-12(19)2/h6-7,9,12H,3-5,8,10H2,1-2H3,(H2,18,20,21). The third-order valence-corrected chi connectivity index (χ3v) is 4.54. The highest BCUT2D eigenvalue weighted by Gasteiger charge is 2.21. The van der Waals surface area contributed by atoms with E-state index in [4.69, 9.17) is 0 Å². The van der Waals surface area contributed by atoms with Crippen molar-refractivity contribution in [1.82, 2.24) is 9.88 Å². The molecule has 2 aromatic rings. The summed E-state index contributed by atoms with van der Waals surface area (Å²) in [4.78, 5) is 17.5. The zero-order chi connectivity index (χ0) is 15.0. The molecule has 2 heterocycles. The largest absolute Gasteiger partial charge is 0.507 e. The summed E-state index contributed by atoms with van der Waals surface area (Å²) in [7, 11) is 0. The molecule has 0 spiro atoms. The number of fused-ring (bicyclic) bond motifs is 1. The smallest absolute Gasteiger partial charge is 0.256 e. The number of aromatic nitrogens is 1. The summed E-state index contributed by atoms with van der Waals surface area (Å²) >= 11 is 0. The summed E-state index contributed by atoms with van der Waals surface area (Å²) in [6, 6.07) is 6.16. The SMILES string of the molecule is Cc1ccc2[nH]c(=O)c(CN3CCCCC3C)c(O)c2c1. The average Bonchev–Trinajstić information content (AvgIpc) is 2.46. The van der Waals surface area contributed by atoms with Crippen molar-refractivity contribution in [2.75, 3.05) is 6.54 Å². The van der Waals surface area contributed by atoms with Crippen LogP contribution in [0.3, 0.4) is 0 Å². The van der Waals surface area contributed by atoms with Crippen LogP contribution in [-0.4, -0.2) is 27.6 Å². The second-order valence-corrected chi connectivity index (χ2v) is 6.15. The molecular formula is C17H22N2O2. The van der Waals surface area contributed by atoms with Gasteiger partial charge in [-0.2, -0.15) is 0 Å². The topological polar surface area (TPSA) is 56.3 Å². The Balaban J connectivity index is 2.03. The number of benzene rings is 1. The van der Waals surface area contributed by atoms with Gasteiger partial charge in [0.25, 0.3) is 5.56 Å². The summed E-state index contributed by atoms with van der Waals surface area (Å²) in [5.74, 6) is 0.134. The lowest BCUT2D eigenvalue weighted by atomic mass is 10.0. The molecule has 1 fully saturated rings. The van der Waals surface area contributed by atoms with Crippen molar-refractivity contribution >= 4 is 10.9 Å². The van der Waals surface area contributed by atoms with Crippen LogP contribution in [0.2, 0.25) is 0 Å². The van der Waals surface area contributed by atoms with Crippen molar-refractivity contribution in [2.24, 2.45) is 0 Å². The molecule has 1 saturated heterocycles. The fraction of sp³-hybridized carbons (Fsp3) is 0.471. The second kappa shape index (κ2) is 5.53. The van der Waals surface area contributed by atoms with Gasteiger partial charge in [0, 0.05) is 18.0 Å². The highest BCUT2D eigenvalue weighted by atomic mass is 16.3. The van der Waals surface area contributed by atoms with Gasteiger partial charge >= 0.3 is 0 Å². The molecule has 0 saturated carbocycles. The second-order valence-electron chi connectivity index (χ2n) is 6.15. The Morgan fingerprint density at radius 1 is 1.38 bits per heavy atom. The molecule has 3 rings (SSSR count). The zero-order valence-corrected chi connectivity index (χ0v) is 12.6. The first-order chi connectivity index (χ1) is 10.1. The van der Waals surface area contributed by atoms with Crippen molar-refractivity contribution in [3.63, 3.8) is 0 Å². The Labute approximate surface area is 124 Å². The Bertz CT molecular complexity index is 721. The minimum atomic E-state index is -0.179. The number of likely N-dealkylation sites (tertiary alicyclic amines) is 1. The van der Waals surface area contributed by atoms with E-state index >= 15 is 0 Å². The first-order valence-corrected chi connectivity index (χ1v) is 7.65. The average molecular weight is 286 g/mol. The van der Waals surface area contributed by atoms with Gasteiger partial charge in [-0.15, -0.1) is 0 Å². The van der Waals surface area contributed by atoms with Gasteiger partial charge in [-0.3, -0.25) is 9.69 Å². The number of aromatic amines is 1. The lowest BCUT2D eigenvalue weighted by molar-refractivity contribution is 0.151. The summed E-state index contributed by atoms with van der Waals surface area (Å²) < 4.78 is 0. The van der Waals surface area contributed by atoms with E-state index in [1.54, 1.807) is 0 Å². The van der Waals surface area contributed by atoms with Gasteiger partial charge in [-0.05, 0) is 45.4 Å². The predicted octanol–water partition coefficient (Wildman–Crippen LogP) is 2.92. The number of aromatic hydroxyl groups is 1. The summed E-state index contributed by atoms with van der Waals surface area (Å²) in [5.41, 5.74) is 2.07. The number of piperidine rings is 1. The summed E-state index contributed by atoms with van der Waals surface area (Å²) in [6.07, 6.45) is 3.57. The Morgan fingerprint density at radius 3 is 2.95 bits per heavy atom. The van der Waals surface area contributed by atoms with Crippen LogP contribution in [0.1, 0.15) is 37.3 Å². The van der Waals surface area contributed by atoms with E-state index in [2.05, 4.69) is 16.8 Å². The summed E-state index contributed by atoms with van der Waals surface area (Å²) in [5, 5.41) is 11.3. The number of H-pyrrole nitrogens is 1. The number of aryl methyl sites for hydroxylation is 1. The first-order valence-electron chi connectivity index (χ1n) is 7.65. The van der Waals surface area contributed by atoms with Gasteiger partial charge in [0.05, 0.1) is 11.1 Å². The number of hydrogen-bond donors (Lipinski definition) is 2. The number of pyridine rings is 1. The van der Waals surface area contributed by atoms with Crippen LogP contribution < -0.4 is 5.56 Å². The normalized spacial score (nSPS) is 20.0.